The Bertz CT molecular complexity index is 341. The van der Waals surface area contributed by atoms with E-state index in [-0.39, 0.29) is 0 Å². The second-order valence-corrected chi connectivity index (χ2v) is 4.85. The molecule has 17 heavy (non-hydrogen) atoms. The molecule has 2 N–H and O–H groups in total. The van der Waals surface area contributed by atoms with Crippen LogP contribution in [0.1, 0.15) is 20.3 Å². The van der Waals surface area contributed by atoms with Gasteiger partial charge < -0.3 is 10.5 Å². The van der Waals surface area contributed by atoms with Crippen molar-refractivity contribution in [2.75, 3.05) is 12.4 Å². The Morgan fingerprint density at radius 1 is 1.41 bits per heavy atom. The molecule has 4 heteroatoms. The number of benzene rings is 1. The van der Waals surface area contributed by atoms with E-state index >= 15 is 0 Å². The molecular weight excluding hydrogens is 232 g/mol. The van der Waals surface area contributed by atoms with Crippen LogP contribution >= 0.6 is 11.8 Å². The maximum atomic E-state index is 5.79. The first-order valence-electron chi connectivity index (χ1n) is 5.86. The second-order valence-electron chi connectivity index (χ2n) is 3.73. The number of amidine groups is 1. The van der Waals surface area contributed by atoms with Crippen LogP contribution in [0.25, 0.3) is 0 Å². The van der Waals surface area contributed by atoms with Crippen LogP contribution in [0, 0.1) is 0 Å². The minimum atomic E-state index is 0.303. The van der Waals surface area contributed by atoms with Gasteiger partial charge in [0.2, 0.25) is 0 Å². The van der Waals surface area contributed by atoms with E-state index in [1.807, 2.05) is 30.3 Å². The van der Waals surface area contributed by atoms with E-state index in [1.54, 1.807) is 11.8 Å². The van der Waals surface area contributed by atoms with Crippen molar-refractivity contribution in [3.05, 3.63) is 30.3 Å². The normalized spacial score (nSPS) is 13.4. The number of para-hydroxylation sites is 1. The SMILES string of the molecule is CC[C@H](C)N=C(N)SCCOc1ccccc1. The highest BCUT2D eigenvalue weighted by Crippen LogP contribution is 2.09. The molecule has 1 aromatic carbocycles. The molecular formula is C13H20N2OS. The van der Waals surface area contributed by atoms with E-state index in [9.17, 15) is 0 Å². The molecule has 1 atom stereocenters. The fourth-order valence-electron chi connectivity index (χ4n) is 1.17. The van der Waals surface area contributed by atoms with Crippen LogP contribution in [0.5, 0.6) is 5.75 Å². The Kier molecular flexibility index (Phi) is 6.55. The van der Waals surface area contributed by atoms with Crippen molar-refractivity contribution in [1.29, 1.82) is 0 Å². The number of ether oxygens (including phenoxy) is 1. The summed E-state index contributed by atoms with van der Waals surface area (Å²) in [5.74, 6) is 1.71. The van der Waals surface area contributed by atoms with E-state index < -0.39 is 0 Å². The summed E-state index contributed by atoms with van der Waals surface area (Å²) in [5.41, 5.74) is 5.79. The van der Waals surface area contributed by atoms with Crippen LogP contribution in [0.4, 0.5) is 0 Å². The number of hydrogen-bond acceptors (Lipinski definition) is 3. The molecule has 0 heterocycles. The molecule has 1 rings (SSSR count). The summed E-state index contributed by atoms with van der Waals surface area (Å²) in [6.07, 6.45) is 1.02. The molecule has 0 unspecified atom stereocenters. The first-order chi connectivity index (χ1) is 8.22. The number of nitrogens with zero attached hydrogens (tertiary/aromatic N) is 1. The van der Waals surface area contributed by atoms with Crippen LogP contribution in [-0.2, 0) is 0 Å². The third kappa shape index (κ3) is 6.22. The minimum Gasteiger partial charge on any atom is -0.493 e. The smallest absolute Gasteiger partial charge is 0.154 e. The molecule has 0 aliphatic carbocycles. The van der Waals surface area contributed by atoms with Gasteiger partial charge in [-0.25, -0.2) is 0 Å². The molecule has 0 saturated carbocycles. The number of hydrogen-bond donors (Lipinski definition) is 1. The quantitative estimate of drug-likeness (QED) is 0.481. The highest BCUT2D eigenvalue weighted by molar-refractivity contribution is 8.13. The van der Waals surface area contributed by atoms with Crippen LogP contribution in [0.2, 0.25) is 0 Å². The van der Waals surface area contributed by atoms with E-state index in [2.05, 4.69) is 18.8 Å². The monoisotopic (exact) mass is 252 g/mol. The Morgan fingerprint density at radius 2 is 2.12 bits per heavy atom. The highest BCUT2D eigenvalue weighted by atomic mass is 32.2. The Labute approximate surface area is 107 Å². The Morgan fingerprint density at radius 3 is 2.76 bits per heavy atom. The summed E-state index contributed by atoms with van der Waals surface area (Å²) in [7, 11) is 0. The molecule has 0 saturated heterocycles. The zero-order valence-electron chi connectivity index (χ0n) is 10.4. The van der Waals surface area contributed by atoms with Crippen LogP contribution < -0.4 is 10.5 Å². The summed E-state index contributed by atoms with van der Waals surface area (Å²) in [6.45, 7) is 4.81. The molecule has 0 fully saturated rings. The summed E-state index contributed by atoms with van der Waals surface area (Å²) in [6, 6.07) is 10.1. The van der Waals surface area contributed by atoms with Crippen molar-refractivity contribution in [2.24, 2.45) is 10.7 Å². The summed E-state index contributed by atoms with van der Waals surface area (Å²) in [4.78, 5) is 4.34. The third-order valence-corrected chi connectivity index (χ3v) is 3.06. The summed E-state index contributed by atoms with van der Waals surface area (Å²) >= 11 is 1.54. The number of aliphatic imine (C=N–C) groups is 1. The fourth-order valence-corrected chi connectivity index (χ4v) is 1.80. The highest BCUT2D eigenvalue weighted by Gasteiger charge is 1.99. The fraction of sp³-hybridized carbons (Fsp3) is 0.462. The predicted octanol–water partition coefficient (Wildman–Crippen LogP) is 2.91. The van der Waals surface area contributed by atoms with Crippen molar-refractivity contribution in [2.45, 2.75) is 26.3 Å². The first-order valence-corrected chi connectivity index (χ1v) is 6.85. The molecule has 0 spiro atoms. The van der Waals surface area contributed by atoms with Gasteiger partial charge in [0.1, 0.15) is 5.75 Å². The van der Waals surface area contributed by atoms with E-state index in [0.29, 0.717) is 17.8 Å². The Hall–Kier alpha value is -1.16. The molecule has 1 aromatic rings. The molecule has 0 bridgehead atoms. The molecule has 0 radical (unpaired) electrons. The number of rotatable bonds is 6. The van der Waals surface area contributed by atoms with E-state index in [4.69, 9.17) is 10.5 Å². The van der Waals surface area contributed by atoms with Gasteiger partial charge >= 0.3 is 0 Å². The molecule has 0 amide bonds. The van der Waals surface area contributed by atoms with Gasteiger partial charge in [0.05, 0.1) is 6.61 Å². The molecule has 3 nitrogen and oxygen atoms in total. The lowest BCUT2D eigenvalue weighted by atomic mass is 10.3. The van der Waals surface area contributed by atoms with Crippen LogP contribution in [0.3, 0.4) is 0 Å². The van der Waals surface area contributed by atoms with Gasteiger partial charge in [0, 0.05) is 11.8 Å². The zero-order chi connectivity index (χ0) is 12.5. The van der Waals surface area contributed by atoms with Crippen molar-refractivity contribution >= 4 is 16.9 Å². The Balaban J connectivity index is 2.18. The lowest BCUT2D eigenvalue weighted by Gasteiger charge is -2.06. The van der Waals surface area contributed by atoms with Crippen molar-refractivity contribution in [1.82, 2.24) is 0 Å². The number of thioether (sulfide) groups is 1. The van der Waals surface area contributed by atoms with Crippen molar-refractivity contribution in [3.8, 4) is 5.75 Å². The standard InChI is InChI=1S/C13H20N2OS/c1-3-11(2)15-13(14)17-10-9-16-12-7-5-4-6-8-12/h4-8,11H,3,9-10H2,1-2H3,(H2,14,15)/t11-/m0/s1. The van der Waals surface area contributed by atoms with Gasteiger partial charge in [-0.3, -0.25) is 4.99 Å². The lowest BCUT2D eigenvalue weighted by Crippen LogP contribution is -2.13. The van der Waals surface area contributed by atoms with Gasteiger partial charge in [-0.15, -0.1) is 0 Å². The molecule has 94 valence electrons. The van der Waals surface area contributed by atoms with Gasteiger partial charge in [-0.05, 0) is 25.5 Å². The van der Waals surface area contributed by atoms with Crippen LogP contribution in [0.15, 0.2) is 35.3 Å². The van der Waals surface area contributed by atoms with Gasteiger partial charge in [0.25, 0.3) is 0 Å². The van der Waals surface area contributed by atoms with Crippen LogP contribution in [-0.4, -0.2) is 23.6 Å². The van der Waals surface area contributed by atoms with Crippen molar-refractivity contribution < 1.29 is 4.74 Å². The topological polar surface area (TPSA) is 47.6 Å². The largest absolute Gasteiger partial charge is 0.493 e. The lowest BCUT2D eigenvalue weighted by molar-refractivity contribution is 0.344. The van der Waals surface area contributed by atoms with E-state index in [0.717, 1.165) is 17.9 Å². The predicted molar refractivity (Wildman–Crippen MR) is 75.8 cm³/mol. The molecule has 0 aliphatic heterocycles. The first kappa shape index (κ1) is 13.9. The van der Waals surface area contributed by atoms with Gasteiger partial charge in [-0.1, -0.05) is 36.9 Å². The molecule has 0 aliphatic rings. The second kappa shape index (κ2) is 8.01. The van der Waals surface area contributed by atoms with Gasteiger partial charge in [-0.2, -0.15) is 0 Å². The zero-order valence-corrected chi connectivity index (χ0v) is 11.2. The average molecular weight is 252 g/mol. The van der Waals surface area contributed by atoms with E-state index in [1.165, 1.54) is 0 Å². The average Bonchev–Trinajstić information content (AvgIpc) is 2.36. The minimum absolute atomic E-state index is 0.303. The van der Waals surface area contributed by atoms with Crippen molar-refractivity contribution in [3.63, 3.8) is 0 Å². The summed E-state index contributed by atoms with van der Waals surface area (Å²) < 4.78 is 5.56. The third-order valence-electron chi connectivity index (χ3n) is 2.28. The molecule has 0 aromatic heterocycles. The summed E-state index contributed by atoms with van der Waals surface area (Å²) in [5, 5.41) is 0.649. The van der Waals surface area contributed by atoms with Gasteiger partial charge in [0.15, 0.2) is 5.17 Å². The maximum Gasteiger partial charge on any atom is 0.154 e. The number of nitrogens with two attached hydrogens (primary N) is 1. The maximum absolute atomic E-state index is 5.79.